The third-order valence-corrected chi connectivity index (χ3v) is 5.35. The van der Waals surface area contributed by atoms with E-state index in [-0.39, 0.29) is 5.91 Å². The molecule has 1 aromatic carbocycles. The van der Waals surface area contributed by atoms with Crippen LogP contribution in [0.3, 0.4) is 0 Å². The summed E-state index contributed by atoms with van der Waals surface area (Å²) >= 11 is 0. The Morgan fingerprint density at radius 1 is 1.06 bits per heavy atom. The second kappa shape index (κ2) is 9.07. The van der Waals surface area contributed by atoms with Crippen molar-refractivity contribution in [2.24, 2.45) is 0 Å². The van der Waals surface area contributed by atoms with Gasteiger partial charge in [0.25, 0.3) is 5.91 Å². The number of carbonyl (C=O) groups is 1. The van der Waals surface area contributed by atoms with Crippen LogP contribution in [0.5, 0.6) is 17.2 Å². The largest absolute Gasteiger partial charge is 0.493 e. The Kier molecular flexibility index (Phi) is 6.06. The minimum absolute atomic E-state index is 0.247. The molecule has 0 atom stereocenters. The molecule has 3 heterocycles. The van der Waals surface area contributed by atoms with Crippen molar-refractivity contribution in [3.05, 3.63) is 30.2 Å². The van der Waals surface area contributed by atoms with Crippen LogP contribution in [-0.2, 0) is 6.54 Å². The van der Waals surface area contributed by atoms with Crippen LogP contribution < -0.4 is 24.4 Å². The minimum atomic E-state index is -0.247. The number of hydrogen-bond acceptors (Lipinski definition) is 8. The molecule has 1 aliphatic rings. The number of carbonyl (C=O) groups excluding carboxylic acids is 1. The number of nitrogens with zero attached hydrogens (tertiary/aromatic N) is 5. The monoisotopic (exact) mass is 426 g/mol. The Balaban J connectivity index is 1.45. The van der Waals surface area contributed by atoms with Gasteiger partial charge in [0, 0.05) is 25.2 Å². The van der Waals surface area contributed by atoms with E-state index in [1.807, 2.05) is 0 Å². The Labute approximate surface area is 180 Å². The first-order valence-electron chi connectivity index (χ1n) is 10.2. The number of aromatic nitrogens is 4. The Morgan fingerprint density at radius 2 is 1.77 bits per heavy atom. The fourth-order valence-corrected chi connectivity index (χ4v) is 3.81. The predicted octanol–water partition coefficient (Wildman–Crippen LogP) is 1.88. The molecule has 0 bridgehead atoms. The topological polar surface area (TPSA) is 104 Å². The molecule has 0 aliphatic carbocycles. The van der Waals surface area contributed by atoms with Crippen LogP contribution in [0, 0.1) is 0 Å². The van der Waals surface area contributed by atoms with Crippen molar-refractivity contribution >= 4 is 22.8 Å². The zero-order chi connectivity index (χ0) is 21.8. The quantitative estimate of drug-likeness (QED) is 0.582. The maximum Gasteiger partial charge on any atom is 0.251 e. The lowest BCUT2D eigenvalue weighted by Gasteiger charge is -2.16. The molecule has 1 amide bonds. The van der Waals surface area contributed by atoms with E-state index in [1.165, 1.54) is 34.2 Å². The van der Waals surface area contributed by atoms with Gasteiger partial charge in [0.1, 0.15) is 12.1 Å². The maximum absolute atomic E-state index is 12.7. The van der Waals surface area contributed by atoms with Crippen molar-refractivity contribution in [3.8, 4) is 17.2 Å². The predicted molar refractivity (Wildman–Crippen MR) is 115 cm³/mol. The van der Waals surface area contributed by atoms with Crippen molar-refractivity contribution in [2.45, 2.75) is 19.4 Å². The molecule has 4 rings (SSSR count). The van der Waals surface area contributed by atoms with Gasteiger partial charge >= 0.3 is 0 Å². The summed E-state index contributed by atoms with van der Waals surface area (Å²) in [4.78, 5) is 23.8. The molecular weight excluding hydrogens is 400 g/mol. The summed E-state index contributed by atoms with van der Waals surface area (Å²) in [6, 6.07) is 3.24. The molecule has 0 radical (unpaired) electrons. The van der Waals surface area contributed by atoms with Gasteiger partial charge in [-0.05, 0) is 25.0 Å². The maximum atomic E-state index is 12.7. The highest BCUT2D eigenvalue weighted by molar-refractivity contribution is 5.95. The second-order valence-electron chi connectivity index (χ2n) is 7.17. The van der Waals surface area contributed by atoms with Gasteiger partial charge < -0.3 is 24.4 Å². The highest BCUT2D eigenvalue weighted by atomic mass is 16.5. The third kappa shape index (κ3) is 4.05. The highest BCUT2D eigenvalue weighted by Crippen LogP contribution is 2.38. The molecule has 0 saturated carbocycles. The van der Waals surface area contributed by atoms with Gasteiger partial charge in [-0.2, -0.15) is 5.10 Å². The van der Waals surface area contributed by atoms with Crippen molar-refractivity contribution in [1.82, 2.24) is 25.1 Å². The van der Waals surface area contributed by atoms with Gasteiger partial charge in [-0.1, -0.05) is 0 Å². The standard InChI is InChI=1S/C21H26N6O4/c1-29-16-10-14(11-17(30-2)18(16)31-3)21(28)22-6-9-27-20-15(12-25-27)19(23-13-24-20)26-7-4-5-8-26/h10-13H,4-9H2,1-3H3,(H,22,28). The summed E-state index contributed by atoms with van der Waals surface area (Å²) in [6.07, 6.45) is 5.71. The second-order valence-corrected chi connectivity index (χ2v) is 7.17. The fraction of sp³-hybridized carbons (Fsp3) is 0.429. The van der Waals surface area contributed by atoms with E-state index in [1.54, 1.807) is 29.3 Å². The molecule has 2 aromatic heterocycles. The molecule has 1 N–H and O–H groups in total. The van der Waals surface area contributed by atoms with Crippen LogP contribution in [-0.4, -0.2) is 66.6 Å². The van der Waals surface area contributed by atoms with Gasteiger partial charge in [-0.15, -0.1) is 0 Å². The normalized spacial score (nSPS) is 13.5. The number of ether oxygens (including phenoxy) is 3. The van der Waals surface area contributed by atoms with Gasteiger partial charge in [-0.25, -0.2) is 14.6 Å². The van der Waals surface area contributed by atoms with Crippen LogP contribution in [0.4, 0.5) is 5.82 Å². The smallest absolute Gasteiger partial charge is 0.251 e. The van der Waals surface area contributed by atoms with E-state index in [0.29, 0.717) is 35.9 Å². The molecule has 1 saturated heterocycles. The van der Waals surface area contributed by atoms with E-state index in [0.717, 1.165) is 29.9 Å². The number of rotatable bonds is 8. The summed E-state index contributed by atoms with van der Waals surface area (Å²) in [7, 11) is 4.55. The molecule has 0 unspecified atom stereocenters. The third-order valence-electron chi connectivity index (χ3n) is 5.35. The van der Waals surface area contributed by atoms with Crippen molar-refractivity contribution in [1.29, 1.82) is 0 Å². The molecule has 31 heavy (non-hydrogen) atoms. The average molecular weight is 426 g/mol. The first-order valence-corrected chi connectivity index (χ1v) is 10.2. The zero-order valence-electron chi connectivity index (χ0n) is 17.9. The average Bonchev–Trinajstić information content (AvgIpc) is 3.48. The number of amides is 1. The summed E-state index contributed by atoms with van der Waals surface area (Å²) in [6.45, 7) is 2.87. The summed E-state index contributed by atoms with van der Waals surface area (Å²) < 4.78 is 17.7. The number of methoxy groups -OCH3 is 3. The van der Waals surface area contributed by atoms with Crippen molar-refractivity contribution < 1.29 is 19.0 Å². The van der Waals surface area contributed by atoms with Crippen molar-refractivity contribution in [2.75, 3.05) is 45.9 Å². The fourth-order valence-electron chi connectivity index (χ4n) is 3.81. The Morgan fingerprint density at radius 3 is 2.42 bits per heavy atom. The van der Waals surface area contributed by atoms with Gasteiger partial charge in [-0.3, -0.25) is 4.79 Å². The molecule has 10 nitrogen and oxygen atoms in total. The summed E-state index contributed by atoms with van der Waals surface area (Å²) in [5, 5.41) is 8.29. The number of nitrogens with one attached hydrogen (secondary N) is 1. The van der Waals surface area contributed by atoms with Crippen LogP contribution in [0.1, 0.15) is 23.2 Å². The molecule has 3 aromatic rings. The lowest BCUT2D eigenvalue weighted by Crippen LogP contribution is -2.27. The lowest BCUT2D eigenvalue weighted by molar-refractivity contribution is 0.0951. The van der Waals surface area contributed by atoms with Gasteiger partial charge in [0.05, 0.1) is 39.5 Å². The van der Waals surface area contributed by atoms with Gasteiger partial charge in [0.2, 0.25) is 5.75 Å². The molecule has 0 spiro atoms. The van der Waals surface area contributed by atoms with Crippen LogP contribution in [0.2, 0.25) is 0 Å². The number of benzene rings is 1. The van der Waals surface area contributed by atoms with E-state index < -0.39 is 0 Å². The molecule has 1 fully saturated rings. The van der Waals surface area contributed by atoms with E-state index in [2.05, 4.69) is 25.3 Å². The van der Waals surface area contributed by atoms with Crippen molar-refractivity contribution in [3.63, 3.8) is 0 Å². The minimum Gasteiger partial charge on any atom is -0.493 e. The molecule has 164 valence electrons. The zero-order valence-corrected chi connectivity index (χ0v) is 17.9. The molecule has 10 heteroatoms. The van der Waals surface area contributed by atoms with Crippen LogP contribution >= 0.6 is 0 Å². The van der Waals surface area contributed by atoms with E-state index in [9.17, 15) is 4.79 Å². The summed E-state index contributed by atoms with van der Waals surface area (Å²) in [5.74, 6) is 1.98. The molecule has 1 aliphatic heterocycles. The first-order chi connectivity index (χ1) is 15.2. The lowest BCUT2D eigenvalue weighted by atomic mass is 10.1. The van der Waals surface area contributed by atoms with Crippen LogP contribution in [0.15, 0.2) is 24.7 Å². The van der Waals surface area contributed by atoms with E-state index >= 15 is 0 Å². The number of anilines is 1. The first kappa shape index (κ1) is 20.7. The SMILES string of the molecule is COc1cc(C(=O)NCCn2ncc3c(N4CCCC4)ncnc32)cc(OC)c1OC. The number of hydrogen-bond donors (Lipinski definition) is 1. The Hall–Kier alpha value is -3.56. The van der Waals surface area contributed by atoms with Gasteiger partial charge in [0.15, 0.2) is 17.1 Å². The van der Waals surface area contributed by atoms with E-state index in [4.69, 9.17) is 14.2 Å². The highest BCUT2D eigenvalue weighted by Gasteiger charge is 2.19. The summed E-state index contributed by atoms with van der Waals surface area (Å²) in [5.41, 5.74) is 1.18. The van der Waals surface area contributed by atoms with Crippen LogP contribution in [0.25, 0.3) is 11.0 Å². The Bertz CT molecular complexity index is 1050. The molecular formula is C21H26N6O4. The number of fused-ring (bicyclic) bond motifs is 1.